The highest BCUT2D eigenvalue weighted by Crippen LogP contribution is 2.25. The number of pyridine rings is 1. The molecule has 2 heterocycles. The van der Waals surface area contributed by atoms with Gasteiger partial charge in [0, 0.05) is 18.2 Å². The van der Waals surface area contributed by atoms with Crippen molar-refractivity contribution in [3.05, 3.63) is 23.5 Å². The van der Waals surface area contributed by atoms with E-state index in [1.54, 1.807) is 12.1 Å². The van der Waals surface area contributed by atoms with Gasteiger partial charge in [-0.25, -0.2) is 9.78 Å². The minimum Gasteiger partial charge on any atom is -0.476 e. The zero-order valence-corrected chi connectivity index (χ0v) is 8.85. The Kier molecular flexibility index (Phi) is 3.05. The molecular weight excluding hydrogens is 208 g/mol. The van der Waals surface area contributed by atoms with E-state index in [1.165, 1.54) is 0 Å². The zero-order chi connectivity index (χ0) is 11.5. The summed E-state index contributed by atoms with van der Waals surface area (Å²) in [5.74, 6) is -0.900. The Labute approximate surface area is 93.2 Å². The number of hydrogen-bond acceptors (Lipinski definition) is 4. The van der Waals surface area contributed by atoms with E-state index in [-0.39, 0.29) is 17.3 Å². The van der Waals surface area contributed by atoms with Crippen LogP contribution in [0.5, 0.6) is 0 Å². The van der Waals surface area contributed by atoms with Crippen LogP contribution in [0.3, 0.4) is 0 Å². The van der Waals surface area contributed by atoms with Gasteiger partial charge in [0.25, 0.3) is 0 Å². The molecule has 1 saturated heterocycles. The molecule has 16 heavy (non-hydrogen) atoms. The number of nitrogens with zero attached hydrogens (tertiary/aromatic N) is 1. The first-order valence-electron chi connectivity index (χ1n) is 5.26. The lowest BCUT2D eigenvalue weighted by Crippen LogP contribution is -2.18. The van der Waals surface area contributed by atoms with Crippen LogP contribution in [0.15, 0.2) is 12.1 Å². The molecule has 5 heteroatoms. The largest absolute Gasteiger partial charge is 0.476 e. The van der Waals surface area contributed by atoms with Crippen molar-refractivity contribution in [1.29, 1.82) is 0 Å². The predicted octanol–water partition coefficient (Wildman–Crippen LogP) is 1.26. The van der Waals surface area contributed by atoms with Crippen LogP contribution in [0.4, 0.5) is 5.69 Å². The second-order valence-corrected chi connectivity index (χ2v) is 3.89. The molecule has 5 nitrogen and oxygen atoms in total. The van der Waals surface area contributed by atoms with E-state index >= 15 is 0 Å². The number of rotatable bonds is 2. The molecule has 3 N–H and O–H groups in total. The third kappa shape index (κ3) is 2.14. The van der Waals surface area contributed by atoms with Crippen molar-refractivity contribution in [2.45, 2.75) is 18.8 Å². The maximum atomic E-state index is 10.9. The lowest BCUT2D eigenvalue weighted by atomic mass is 9.97. The van der Waals surface area contributed by atoms with Gasteiger partial charge in [0.2, 0.25) is 0 Å². The molecule has 1 fully saturated rings. The topological polar surface area (TPSA) is 85.4 Å². The second kappa shape index (κ2) is 4.49. The molecule has 0 aliphatic carbocycles. The minimum absolute atomic E-state index is 0.0666. The maximum absolute atomic E-state index is 10.9. The third-order valence-electron chi connectivity index (χ3n) is 2.73. The fourth-order valence-electron chi connectivity index (χ4n) is 1.86. The smallest absolute Gasteiger partial charge is 0.356 e. The van der Waals surface area contributed by atoms with Crippen molar-refractivity contribution >= 4 is 11.7 Å². The predicted molar refractivity (Wildman–Crippen MR) is 58.4 cm³/mol. The van der Waals surface area contributed by atoms with E-state index in [9.17, 15) is 4.79 Å². The number of anilines is 1. The van der Waals surface area contributed by atoms with Crippen LogP contribution in [0.25, 0.3) is 0 Å². The van der Waals surface area contributed by atoms with Gasteiger partial charge in [-0.1, -0.05) is 0 Å². The van der Waals surface area contributed by atoms with Crippen molar-refractivity contribution in [3.63, 3.8) is 0 Å². The van der Waals surface area contributed by atoms with E-state index in [4.69, 9.17) is 15.6 Å². The number of hydrogen-bond donors (Lipinski definition) is 2. The van der Waals surface area contributed by atoms with E-state index in [0.717, 1.165) is 25.1 Å². The third-order valence-corrected chi connectivity index (χ3v) is 2.73. The molecule has 2 rings (SSSR count). The van der Waals surface area contributed by atoms with Crippen molar-refractivity contribution < 1.29 is 14.6 Å². The highest BCUT2D eigenvalue weighted by Gasteiger charge is 2.19. The Bertz CT molecular complexity index is 400. The van der Waals surface area contributed by atoms with E-state index in [1.807, 2.05) is 0 Å². The number of aromatic nitrogens is 1. The van der Waals surface area contributed by atoms with Crippen molar-refractivity contribution in [3.8, 4) is 0 Å². The molecule has 0 aromatic carbocycles. The standard InChI is InChI=1S/C11H14N2O3/c12-8-3-4-9(13-10(8)11(14)15)7-2-1-5-16-6-7/h3-4,7H,1-2,5-6,12H2,(H,14,15). The summed E-state index contributed by atoms with van der Waals surface area (Å²) in [6.07, 6.45) is 1.97. The number of carbonyl (C=O) groups is 1. The van der Waals surface area contributed by atoms with Crippen LogP contribution >= 0.6 is 0 Å². The van der Waals surface area contributed by atoms with Crippen LogP contribution in [-0.2, 0) is 4.74 Å². The van der Waals surface area contributed by atoms with Crippen LogP contribution in [0.2, 0.25) is 0 Å². The molecule has 0 radical (unpaired) electrons. The summed E-state index contributed by atoms with van der Waals surface area (Å²) < 4.78 is 5.35. The number of ether oxygens (including phenoxy) is 1. The number of nitrogen functional groups attached to an aromatic ring is 1. The first-order chi connectivity index (χ1) is 7.68. The van der Waals surface area contributed by atoms with Crippen LogP contribution < -0.4 is 5.73 Å². The highest BCUT2D eigenvalue weighted by atomic mass is 16.5. The Morgan fingerprint density at radius 2 is 2.38 bits per heavy atom. The highest BCUT2D eigenvalue weighted by molar-refractivity contribution is 5.91. The fourth-order valence-corrected chi connectivity index (χ4v) is 1.86. The monoisotopic (exact) mass is 222 g/mol. The number of aromatic carboxylic acids is 1. The van der Waals surface area contributed by atoms with E-state index in [0.29, 0.717) is 6.61 Å². The average molecular weight is 222 g/mol. The molecule has 1 aliphatic heterocycles. The quantitative estimate of drug-likeness (QED) is 0.786. The minimum atomic E-state index is -1.09. The van der Waals surface area contributed by atoms with Gasteiger partial charge in [0.15, 0.2) is 5.69 Å². The molecule has 1 unspecified atom stereocenters. The van der Waals surface area contributed by atoms with E-state index < -0.39 is 5.97 Å². The Morgan fingerprint density at radius 1 is 1.56 bits per heavy atom. The molecule has 0 bridgehead atoms. The van der Waals surface area contributed by atoms with Gasteiger partial charge in [-0.2, -0.15) is 0 Å². The van der Waals surface area contributed by atoms with Gasteiger partial charge in [-0.15, -0.1) is 0 Å². The Morgan fingerprint density at radius 3 is 3.00 bits per heavy atom. The zero-order valence-electron chi connectivity index (χ0n) is 8.85. The number of nitrogens with two attached hydrogens (primary N) is 1. The Balaban J connectivity index is 2.27. The fraction of sp³-hybridized carbons (Fsp3) is 0.455. The molecule has 1 aromatic rings. The maximum Gasteiger partial charge on any atom is 0.356 e. The molecule has 1 atom stereocenters. The summed E-state index contributed by atoms with van der Waals surface area (Å²) in [5, 5.41) is 8.91. The summed E-state index contributed by atoms with van der Waals surface area (Å²) in [7, 11) is 0. The summed E-state index contributed by atoms with van der Waals surface area (Å²) in [6.45, 7) is 1.38. The number of carboxylic acid groups (broad SMARTS) is 1. The van der Waals surface area contributed by atoms with Gasteiger partial charge in [0.1, 0.15) is 0 Å². The lowest BCUT2D eigenvalue weighted by Gasteiger charge is -2.21. The molecule has 0 amide bonds. The van der Waals surface area contributed by atoms with Gasteiger partial charge in [-0.3, -0.25) is 0 Å². The first kappa shape index (κ1) is 10.9. The SMILES string of the molecule is Nc1ccc(C2CCCOC2)nc1C(=O)O. The second-order valence-electron chi connectivity index (χ2n) is 3.89. The molecule has 1 aromatic heterocycles. The lowest BCUT2D eigenvalue weighted by molar-refractivity contribution is 0.0686. The van der Waals surface area contributed by atoms with Gasteiger partial charge in [0.05, 0.1) is 12.3 Å². The summed E-state index contributed by atoms with van der Waals surface area (Å²) in [4.78, 5) is 15.0. The van der Waals surface area contributed by atoms with E-state index in [2.05, 4.69) is 4.98 Å². The van der Waals surface area contributed by atoms with Crippen LogP contribution in [0.1, 0.15) is 34.9 Å². The summed E-state index contributed by atoms with van der Waals surface area (Å²) >= 11 is 0. The van der Waals surface area contributed by atoms with Crippen molar-refractivity contribution in [2.75, 3.05) is 18.9 Å². The van der Waals surface area contributed by atoms with Gasteiger partial charge < -0.3 is 15.6 Å². The molecule has 86 valence electrons. The van der Waals surface area contributed by atoms with Crippen LogP contribution in [0, 0.1) is 0 Å². The molecule has 0 spiro atoms. The number of carboxylic acids is 1. The van der Waals surface area contributed by atoms with Crippen LogP contribution in [-0.4, -0.2) is 29.3 Å². The van der Waals surface area contributed by atoms with Gasteiger partial charge in [-0.05, 0) is 25.0 Å². The molecular formula is C11H14N2O3. The first-order valence-corrected chi connectivity index (χ1v) is 5.26. The molecule has 0 saturated carbocycles. The average Bonchev–Trinajstić information content (AvgIpc) is 2.30. The van der Waals surface area contributed by atoms with Crippen molar-refractivity contribution in [1.82, 2.24) is 4.98 Å². The Hall–Kier alpha value is -1.62. The normalized spacial score (nSPS) is 20.6. The molecule has 1 aliphatic rings. The van der Waals surface area contributed by atoms with Crippen molar-refractivity contribution in [2.24, 2.45) is 0 Å². The summed E-state index contributed by atoms with van der Waals surface area (Å²) in [6, 6.07) is 3.38. The van der Waals surface area contributed by atoms with Gasteiger partial charge >= 0.3 is 5.97 Å². The summed E-state index contributed by atoms with van der Waals surface area (Å²) in [5.41, 5.74) is 6.44.